The highest BCUT2D eigenvalue weighted by Gasteiger charge is 2.20. The molecule has 0 saturated heterocycles. The molecule has 0 saturated carbocycles. The molecular formula is C13H17ClN6O. The Balaban J connectivity index is 2.76. The number of nitrogens with zero attached hydrogens (tertiary/aromatic N) is 5. The molecule has 3 N–H and O–H groups in total. The molecule has 2 aromatic rings. The van der Waals surface area contributed by atoms with Crippen LogP contribution >= 0.6 is 11.6 Å². The summed E-state index contributed by atoms with van der Waals surface area (Å²) in [6.45, 7) is 5.75. The summed E-state index contributed by atoms with van der Waals surface area (Å²) in [4.78, 5) is 0. The first-order chi connectivity index (χ1) is 10.0. The highest BCUT2D eigenvalue weighted by molar-refractivity contribution is 6.31. The molecule has 2 aromatic heterocycles. The Kier molecular flexibility index (Phi) is 4.42. The van der Waals surface area contributed by atoms with Gasteiger partial charge in [0.05, 0.1) is 28.2 Å². The molecule has 2 heterocycles. The first-order valence-corrected chi connectivity index (χ1v) is 6.99. The molecule has 0 bridgehead atoms. The van der Waals surface area contributed by atoms with Crippen LogP contribution < -0.4 is 5.73 Å². The van der Waals surface area contributed by atoms with E-state index in [0.717, 1.165) is 11.3 Å². The van der Waals surface area contributed by atoms with E-state index in [1.807, 2.05) is 13.8 Å². The summed E-state index contributed by atoms with van der Waals surface area (Å²) >= 11 is 6.03. The Morgan fingerprint density at radius 3 is 2.57 bits per heavy atom. The van der Waals surface area contributed by atoms with Crippen LogP contribution in [0.15, 0.2) is 11.4 Å². The number of halogens is 1. The Bertz CT molecular complexity index is 675. The van der Waals surface area contributed by atoms with Crippen molar-refractivity contribution in [2.75, 3.05) is 0 Å². The normalized spacial score (nSPS) is 11.9. The minimum absolute atomic E-state index is 0.0178. The molecule has 0 spiro atoms. The van der Waals surface area contributed by atoms with Gasteiger partial charge in [-0.3, -0.25) is 0 Å². The lowest BCUT2D eigenvalue weighted by Crippen LogP contribution is -2.22. The Labute approximate surface area is 127 Å². The van der Waals surface area contributed by atoms with Crippen LogP contribution in [0.1, 0.15) is 36.4 Å². The minimum atomic E-state index is -0.0178. The van der Waals surface area contributed by atoms with Crippen LogP contribution in [0, 0.1) is 6.92 Å². The Hall–Kier alpha value is -2.15. The number of oxime groups is 1. The average Bonchev–Trinajstić information content (AvgIpc) is 2.84. The second-order valence-corrected chi connectivity index (χ2v) is 4.93. The molecule has 0 aliphatic rings. The number of nitrogens with two attached hydrogens (primary N) is 1. The van der Waals surface area contributed by atoms with Crippen molar-refractivity contribution in [3.8, 4) is 5.82 Å². The van der Waals surface area contributed by atoms with Crippen molar-refractivity contribution < 1.29 is 5.21 Å². The van der Waals surface area contributed by atoms with E-state index in [4.69, 9.17) is 22.5 Å². The summed E-state index contributed by atoms with van der Waals surface area (Å²) in [5, 5.41) is 25.4. The zero-order valence-corrected chi connectivity index (χ0v) is 12.9. The number of rotatable bonds is 4. The number of hydrogen-bond acceptors (Lipinski definition) is 5. The van der Waals surface area contributed by atoms with E-state index >= 15 is 0 Å². The van der Waals surface area contributed by atoms with Crippen LogP contribution in [0.3, 0.4) is 0 Å². The molecule has 21 heavy (non-hydrogen) atoms. The lowest BCUT2D eigenvalue weighted by atomic mass is 10.0. The molecular weight excluding hydrogens is 292 g/mol. The molecule has 0 radical (unpaired) electrons. The van der Waals surface area contributed by atoms with Gasteiger partial charge >= 0.3 is 0 Å². The second-order valence-electron chi connectivity index (χ2n) is 4.52. The number of aromatic nitrogens is 4. The third kappa shape index (κ3) is 2.69. The fourth-order valence-corrected chi connectivity index (χ4v) is 2.32. The van der Waals surface area contributed by atoms with Gasteiger partial charge in [-0.05, 0) is 25.3 Å². The summed E-state index contributed by atoms with van der Waals surface area (Å²) in [6, 6.07) is 0. The predicted molar refractivity (Wildman–Crippen MR) is 80.2 cm³/mol. The molecule has 7 nitrogen and oxygen atoms in total. The number of hydrogen-bond donors (Lipinski definition) is 2. The van der Waals surface area contributed by atoms with Gasteiger partial charge in [0.1, 0.15) is 0 Å². The first kappa shape index (κ1) is 15.2. The van der Waals surface area contributed by atoms with Crippen LogP contribution in [0.2, 0.25) is 5.02 Å². The molecule has 0 aromatic carbocycles. The van der Waals surface area contributed by atoms with Gasteiger partial charge < -0.3 is 10.9 Å². The number of amidine groups is 1. The fourth-order valence-electron chi connectivity index (χ4n) is 2.19. The van der Waals surface area contributed by atoms with Crippen LogP contribution in [0.25, 0.3) is 5.82 Å². The molecule has 8 heteroatoms. The molecule has 0 unspecified atom stereocenters. The zero-order chi connectivity index (χ0) is 15.6. The van der Waals surface area contributed by atoms with Gasteiger partial charge in [0, 0.05) is 0 Å². The van der Waals surface area contributed by atoms with Crippen LogP contribution in [-0.4, -0.2) is 31.0 Å². The number of aryl methyl sites for hydroxylation is 2. The van der Waals surface area contributed by atoms with Crippen molar-refractivity contribution in [1.29, 1.82) is 0 Å². The average molecular weight is 309 g/mol. The van der Waals surface area contributed by atoms with E-state index in [1.54, 1.807) is 13.1 Å². The SMILES string of the molecule is CCc1nnc(-n2cc(Cl)c(C)n2)c(/C(N)=N/O)c1CC. The third-order valence-electron chi connectivity index (χ3n) is 3.25. The van der Waals surface area contributed by atoms with Gasteiger partial charge in [-0.25, -0.2) is 4.68 Å². The lowest BCUT2D eigenvalue weighted by Gasteiger charge is -2.14. The van der Waals surface area contributed by atoms with E-state index in [2.05, 4.69) is 20.5 Å². The molecule has 112 valence electrons. The van der Waals surface area contributed by atoms with Crippen molar-refractivity contribution in [1.82, 2.24) is 20.0 Å². The van der Waals surface area contributed by atoms with Crippen molar-refractivity contribution in [2.24, 2.45) is 10.9 Å². The van der Waals surface area contributed by atoms with Crippen LogP contribution in [0.4, 0.5) is 0 Å². The molecule has 0 atom stereocenters. The van der Waals surface area contributed by atoms with E-state index < -0.39 is 0 Å². The van der Waals surface area contributed by atoms with Crippen molar-refractivity contribution in [3.05, 3.63) is 33.7 Å². The Morgan fingerprint density at radius 1 is 1.38 bits per heavy atom. The molecule has 0 amide bonds. The maximum atomic E-state index is 9.06. The summed E-state index contributed by atoms with van der Waals surface area (Å²) < 4.78 is 1.50. The summed E-state index contributed by atoms with van der Waals surface area (Å²) in [5.74, 6) is 0.380. The smallest absolute Gasteiger partial charge is 0.187 e. The van der Waals surface area contributed by atoms with Crippen molar-refractivity contribution in [2.45, 2.75) is 33.6 Å². The standard InChI is InChI=1S/C13H17ClN6O/c1-4-8-10(5-2)16-17-13(11(8)12(15)19-21)20-6-9(14)7(3)18-20/h6,21H,4-5H2,1-3H3,(H2,15,19). The predicted octanol–water partition coefficient (Wildman–Crippen LogP) is 1.84. The fraction of sp³-hybridized carbons (Fsp3) is 0.385. The van der Waals surface area contributed by atoms with Gasteiger partial charge in [-0.1, -0.05) is 30.6 Å². The van der Waals surface area contributed by atoms with Crippen LogP contribution in [-0.2, 0) is 12.8 Å². The van der Waals surface area contributed by atoms with E-state index in [9.17, 15) is 0 Å². The largest absolute Gasteiger partial charge is 0.409 e. The van der Waals surface area contributed by atoms with Gasteiger partial charge in [0.25, 0.3) is 0 Å². The monoisotopic (exact) mass is 308 g/mol. The van der Waals surface area contributed by atoms with Crippen molar-refractivity contribution >= 4 is 17.4 Å². The molecule has 0 aliphatic heterocycles. The molecule has 0 fully saturated rings. The molecule has 2 rings (SSSR count). The van der Waals surface area contributed by atoms with Crippen molar-refractivity contribution in [3.63, 3.8) is 0 Å². The van der Waals surface area contributed by atoms with E-state index in [-0.39, 0.29) is 5.84 Å². The van der Waals surface area contributed by atoms with Gasteiger partial charge in [-0.2, -0.15) is 10.2 Å². The Morgan fingerprint density at radius 2 is 2.10 bits per heavy atom. The lowest BCUT2D eigenvalue weighted by molar-refractivity contribution is 0.318. The van der Waals surface area contributed by atoms with E-state index in [1.165, 1.54) is 4.68 Å². The van der Waals surface area contributed by atoms with Gasteiger partial charge in [-0.15, -0.1) is 5.10 Å². The van der Waals surface area contributed by atoms with E-state index in [0.29, 0.717) is 34.9 Å². The maximum absolute atomic E-state index is 9.06. The van der Waals surface area contributed by atoms with Crippen LogP contribution in [0.5, 0.6) is 0 Å². The second kappa shape index (κ2) is 6.09. The maximum Gasteiger partial charge on any atom is 0.187 e. The summed E-state index contributed by atoms with van der Waals surface area (Å²) in [7, 11) is 0. The van der Waals surface area contributed by atoms with Gasteiger partial charge in [0.15, 0.2) is 11.7 Å². The third-order valence-corrected chi connectivity index (χ3v) is 3.62. The summed E-state index contributed by atoms with van der Waals surface area (Å²) in [6.07, 6.45) is 3.02. The first-order valence-electron chi connectivity index (χ1n) is 6.61. The molecule has 0 aliphatic carbocycles. The minimum Gasteiger partial charge on any atom is -0.409 e. The summed E-state index contributed by atoms with van der Waals surface area (Å²) in [5.41, 5.74) is 8.75. The topological polar surface area (TPSA) is 102 Å². The quantitative estimate of drug-likeness (QED) is 0.388. The highest BCUT2D eigenvalue weighted by atomic mass is 35.5. The van der Waals surface area contributed by atoms with Gasteiger partial charge in [0.2, 0.25) is 0 Å². The zero-order valence-electron chi connectivity index (χ0n) is 12.1. The highest BCUT2D eigenvalue weighted by Crippen LogP contribution is 2.22.